The number of benzene rings is 2. The van der Waals surface area contributed by atoms with E-state index >= 15 is 0 Å². The van der Waals surface area contributed by atoms with Gasteiger partial charge in [-0.15, -0.1) is 0 Å². The summed E-state index contributed by atoms with van der Waals surface area (Å²) in [4.78, 5) is 24.1. The highest BCUT2D eigenvalue weighted by Gasteiger charge is 2.14. The summed E-state index contributed by atoms with van der Waals surface area (Å²) >= 11 is 11.8. The first-order valence-corrected chi connectivity index (χ1v) is 8.14. The van der Waals surface area contributed by atoms with E-state index in [2.05, 4.69) is 10.6 Å². The fourth-order valence-corrected chi connectivity index (χ4v) is 2.95. The van der Waals surface area contributed by atoms with E-state index in [4.69, 9.17) is 23.2 Å². The average molecular weight is 365 g/mol. The van der Waals surface area contributed by atoms with Gasteiger partial charge in [0.1, 0.15) is 6.42 Å². The van der Waals surface area contributed by atoms with Gasteiger partial charge in [0.15, 0.2) is 0 Å². The van der Waals surface area contributed by atoms with Crippen LogP contribution in [0.1, 0.15) is 23.1 Å². The molecule has 0 bridgehead atoms. The minimum atomic E-state index is -0.445. The second-order valence-corrected chi connectivity index (χ2v) is 6.51. The average Bonchev–Trinajstić information content (AvgIpc) is 2.45. The number of hydrogen-bond acceptors (Lipinski definition) is 2. The summed E-state index contributed by atoms with van der Waals surface area (Å²) in [7, 11) is 0. The van der Waals surface area contributed by atoms with Crippen molar-refractivity contribution in [2.24, 2.45) is 0 Å². The Labute approximate surface area is 151 Å². The fourth-order valence-electron chi connectivity index (χ4n) is 2.49. The second kappa shape index (κ2) is 7.69. The van der Waals surface area contributed by atoms with Gasteiger partial charge in [0, 0.05) is 10.7 Å². The van der Waals surface area contributed by atoms with Crippen molar-refractivity contribution in [2.75, 3.05) is 10.6 Å². The monoisotopic (exact) mass is 364 g/mol. The highest BCUT2D eigenvalue weighted by Crippen LogP contribution is 2.26. The number of hydrogen-bond donors (Lipinski definition) is 2. The Kier molecular flexibility index (Phi) is 5.86. The van der Waals surface area contributed by atoms with Crippen LogP contribution in [-0.2, 0) is 9.59 Å². The van der Waals surface area contributed by atoms with Crippen LogP contribution in [0, 0.1) is 20.8 Å². The number of anilines is 2. The Balaban J connectivity index is 2.01. The first kappa shape index (κ1) is 18.3. The topological polar surface area (TPSA) is 58.2 Å². The van der Waals surface area contributed by atoms with Crippen molar-refractivity contribution in [1.82, 2.24) is 0 Å². The quantitative estimate of drug-likeness (QED) is 0.759. The smallest absolute Gasteiger partial charge is 0.233 e. The summed E-state index contributed by atoms with van der Waals surface area (Å²) in [6.45, 7) is 5.83. The fraction of sp³-hybridized carbons (Fsp3) is 0.222. The maximum absolute atomic E-state index is 12.1. The van der Waals surface area contributed by atoms with Crippen LogP contribution in [0.15, 0.2) is 30.3 Å². The normalized spacial score (nSPS) is 10.4. The molecule has 2 aromatic carbocycles. The summed E-state index contributed by atoms with van der Waals surface area (Å²) in [6.07, 6.45) is -0.300. The van der Waals surface area contributed by atoms with Crippen molar-refractivity contribution in [2.45, 2.75) is 27.2 Å². The number of amides is 2. The van der Waals surface area contributed by atoms with E-state index in [1.54, 1.807) is 12.1 Å². The van der Waals surface area contributed by atoms with Gasteiger partial charge >= 0.3 is 0 Å². The first-order valence-electron chi connectivity index (χ1n) is 7.39. The van der Waals surface area contributed by atoms with Gasteiger partial charge in [-0.2, -0.15) is 0 Å². The van der Waals surface area contributed by atoms with Crippen LogP contribution in [0.3, 0.4) is 0 Å². The maximum atomic E-state index is 12.1. The van der Waals surface area contributed by atoms with Crippen LogP contribution in [0.2, 0.25) is 10.0 Å². The molecule has 2 N–H and O–H groups in total. The number of aryl methyl sites for hydroxylation is 3. The summed E-state index contributed by atoms with van der Waals surface area (Å²) in [5.41, 5.74) is 4.20. The molecule has 4 nitrogen and oxygen atoms in total. The van der Waals surface area contributed by atoms with Gasteiger partial charge in [0.25, 0.3) is 0 Å². The van der Waals surface area contributed by atoms with E-state index < -0.39 is 5.91 Å². The van der Waals surface area contributed by atoms with Gasteiger partial charge in [-0.05, 0) is 50.1 Å². The molecule has 0 saturated carbocycles. The molecular formula is C18H18Cl2N2O2. The van der Waals surface area contributed by atoms with E-state index in [0.717, 1.165) is 22.4 Å². The van der Waals surface area contributed by atoms with Crippen molar-refractivity contribution in [1.29, 1.82) is 0 Å². The van der Waals surface area contributed by atoms with E-state index in [9.17, 15) is 9.59 Å². The van der Waals surface area contributed by atoms with Crippen molar-refractivity contribution in [3.8, 4) is 0 Å². The Morgan fingerprint density at radius 3 is 2.08 bits per heavy atom. The molecule has 126 valence electrons. The largest absolute Gasteiger partial charge is 0.325 e. The standard InChI is InChI=1S/C18H18Cl2N2O2/c1-10-6-11(2)18(12(3)7-10)22-17(24)9-16(23)21-15-5-4-13(19)8-14(15)20/h4-8H,9H2,1-3H3,(H,21,23)(H,22,24). The number of rotatable bonds is 4. The lowest BCUT2D eigenvalue weighted by Gasteiger charge is -2.13. The molecule has 0 spiro atoms. The maximum Gasteiger partial charge on any atom is 0.233 e. The Hall–Kier alpha value is -2.04. The second-order valence-electron chi connectivity index (χ2n) is 5.67. The van der Waals surface area contributed by atoms with E-state index in [-0.39, 0.29) is 12.3 Å². The molecule has 2 amide bonds. The number of nitrogens with one attached hydrogen (secondary N) is 2. The number of carbonyl (C=O) groups excluding carboxylic acids is 2. The number of carbonyl (C=O) groups is 2. The minimum Gasteiger partial charge on any atom is -0.325 e. The SMILES string of the molecule is Cc1cc(C)c(NC(=O)CC(=O)Nc2ccc(Cl)cc2Cl)c(C)c1. The first-order chi connectivity index (χ1) is 11.3. The highest BCUT2D eigenvalue weighted by atomic mass is 35.5. The molecule has 6 heteroatoms. The molecule has 0 unspecified atom stereocenters. The van der Waals surface area contributed by atoms with Gasteiger partial charge in [-0.3, -0.25) is 9.59 Å². The lowest BCUT2D eigenvalue weighted by Crippen LogP contribution is -2.22. The molecule has 0 radical (unpaired) electrons. The molecule has 0 atom stereocenters. The van der Waals surface area contributed by atoms with Crippen molar-refractivity contribution < 1.29 is 9.59 Å². The molecule has 0 aromatic heterocycles. The highest BCUT2D eigenvalue weighted by molar-refractivity contribution is 6.36. The molecule has 0 aliphatic rings. The lowest BCUT2D eigenvalue weighted by molar-refractivity contribution is -0.123. The molecule has 0 aliphatic heterocycles. The van der Waals surface area contributed by atoms with Gasteiger partial charge < -0.3 is 10.6 Å². The molecule has 0 heterocycles. The third-order valence-electron chi connectivity index (χ3n) is 3.47. The summed E-state index contributed by atoms with van der Waals surface area (Å²) < 4.78 is 0. The van der Waals surface area contributed by atoms with Crippen LogP contribution in [0.4, 0.5) is 11.4 Å². The molecule has 0 saturated heterocycles. The third-order valence-corrected chi connectivity index (χ3v) is 4.02. The van der Waals surface area contributed by atoms with Crippen molar-refractivity contribution >= 4 is 46.4 Å². The predicted molar refractivity (Wildman–Crippen MR) is 99.0 cm³/mol. The van der Waals surface area contributed by atoms with Gasteiger partial charge in [0.2, 0.25) is 11.8 Å². The zero-order valence-corrected chi connectivity index (χ0v) is 15.2. The van der Waals surface area contributed by atoms with Crippen LogP contribution < -0.4 is 10.6 Å². The van der Waals surface area contributed by atoms with Crippen molar-refractivity contribution in [3.63, 3.8) is 0 Å². The lowest BCUT2D eigenvalue weighted by atomic mass is 10.0. The molecule has 0 fully saturated rings. The zero-order valence-electron chi connectivity index (χ0n) is 13.7. The molecule has 0 aliphatic carbocycles. The van der Waals surface area contributed by atoms with E-state index in [1.807, 2.05) is 32.9 Å². The molecule has 2 rings (SSSR count). The van der Waals surface area contributed by atoms with Crippen LogP contribution in [0.25, 0.3) is 0 Å². The van der Waals surface area contributed by atoms with E-state index in [1.165, 1.54) is 6.07 Å². The molecular weight excluding hydrogens is 347 g/mol. The predicted octanol–water partition coefficient (Wildman–Crippen LogP) is 4.89. The van der Waals surface area contributed by atoms with Crippen LogP contribution in [0.5, 0.6) is 0 Å². The Bertz CT molecular complexity index is 781. The molecule has 24 heavy (non-hydrogen) atoms. The van der Waals surface area contributed by atoms with Crippen molar-refractivity contribution in [3.05, 3.63) is 57.1 Å². The van der Waals surface area contributed by atoms with Gasteiger partial charge in [-0.25, -0.2) is 0 Å². The Morgan fingerprint density at radius 2 is 1.50 bits per heavy atom. The van der Waals surface area contributed by atoms with E-state index in [0.29, 0.717) is 15.7 Å². The van der Waals surface area contributed by atoms with Gasteiger partial charge in [-0.1, -0.05) is 40.9 Å². The minimum absolute atomic E-state index is 0.300. The Morgan fingerprint density at radius 1 is 0.917 bits per heavy atom. The third kappa shape index (κ3) is 4.73. The van der Waals surface area contributed by atoms with Crippen LogP contribution >= 0.6 is 23.2 Å². The molecule has 2 aromatic rings. The summed E-state index contributed by atoms with van der Waals surface area (Å²) in [5, 5.41) is 6.19. The summed E-state index contributed by atoms with van der Waals surface area (Å²) in [5.74, 6) is -0.827. The zero-order chi connectivity index (χ0) is 17.9. The van der Waals surface area contributed by atoms with Gasteiger partial charge in [0.05, 0.1) is 10.7 Å². The summed E-state index contributed by atoms with van der Waals surface area (Å²) in [6, 6.07) is 8.70. The van der Waals surface area contributed by atoms with Crippen LogP contribution in [-0.4, -0.2) is 11.8 Å². The number of halogens is 2.